The Morgan fingerprint density at radius 2 is 1.84 bits per heavy atom. The zero-order valence-electron chi connectivity index (χ0n) is 17.4. The van der Waals surface area contributed by atoms with E-state index in [0.29, 0.717) is 32.7 Å². The van der Waals surface area contributed by atoms with Crippen LogP contribution in [0.3, 0.4) is 0 Å². The van der Waals surface area contributed by atoms with E-state index in [1.54, 1.807) is 43.5 Å². The third-order valence-corrected chi connectivity index (χ3v) is 5.55. The number of para-hydroxylation sites is 2. The molecule has 1 aromatic heterocycles. The fourth-order valence-corrected chi connectivity index (χ4v) is 4.15. The molecule has 0 saturated carbocycles. The van der Waals surface area contributed by atoms with E-state index >= 15 is 0 Å². The van der Waals surface area contributed by atoms with Crippen molar-refractivity contribution < 1.29 is 14.3 Å². The molecule has 3 rings (SSSR count). The number of rotatable bonds is 7. The fourth-order valence-electron chi connectivity index (χ4n) is 3.01. The average Bonchev–Trinajstić information content (AvgIpc) is 2.72. The first-order valence-electron chi connectivity index (χ1n) is 9.48. The lowest BCUT2D eigenvalue weighted by molar-refractivity contribution is -0.113. The smallest absolute Gasteiger partial charge is 0.258 e. The van der Waals surface area contributed by atoms with Crippen LogP contribution in [0.4, 0.5) is 11.4 Å². The van der Waals surface area contributed by atoms with Gasteiger partial charge in [0.05, 0.1) is 24.1 Å². The van der Waals surface area contributed by atoms with Crippen molar-refractivity contribution >= 4 is 46.6 Å². The first-order chi connectivity index (χ1) is 14.9. The number of benzene rings is 2. The summed E-state index contributed by atoms with van der Waals surface area (Å²) in [5.74, 6) is 0.123. The van der Waals surface area contributed by atoms with Gasteiger partial charge in [0.15, 0.2) is 0 Å². The van der Waals surface area contributed by atoms with Gasteiger partial charge in [0, 0.05) is 16.4 Å². The molecular weight excluding hydrogens is 434 g/mol. The Balaban J connectivity index is 1.77. The number of halogens is 1. The van der Waals surface area contributed by atoms with Crippen LogP contribution in [0.15, 0.2) is 59.6 Å². The standard InChI is InChI=1S/C23H22ClN3O3S/c1-14-11-15(2)25-23(31-13-20(28)26-17-8-6-7-16(24)12-17)21(14)22(29)27-18-9-4-5-10-19(18)30-3/h4-12H,13H2,1-3H3,(H,26,28)(H,27,29). The molecule has 0 bridgehead atoms. The Morgan fingerprint density at radius 1 is 1.06 bits per heavy atom. The second-order valence-electron chi connectivity index (χ2n) is 6.76. The summed E-state index contributed by atoms with van der Waals surface area (Å²) in [6.07, 6.45) is 0. The van der Waals surface area contributed by atoms with Crippen LogP contribution in [-0.2, 0) is 4.79 Å². The molecule has 0 atom stereocenters. The molecule has 0 aliphatic rings. The molecule has 8 heteroatoms. The van der Waals surface area contributed by atoms with E-state index in [1.165, 1.54) is 11.8 Å². The zero-order chi connectivity index (χ0) is 22.4. The number of thioether (sulfide) groups is 1. The molecule has 160 valence electrons. The maximum absolute atomic E-state index is 13.1. The Bertz CT molecular complexity index is 1120. The normalized spacial score (nSPS) is 10.5. The van der Waals surface area contributed by atoms with E-state index in [2.05, 4.69) is 15.6 Å². The van der Waals surface area contributed by atoms with Gasteiger partial charge >= 0.3 is 0 Å². The van der Waals surface area contributed by atoms with Crippen LogP contribution in [-0.4, -0.2) is 29.7 Å². The Hall–Kier alpha value is -3.03. The van der Waals surface area contributed by atoms with Gasteiger partial charge in [0.1, 0.15) is 10.8 Å². The number of methoxy groups -OCH3 is 1. The van der Waals surface area contributed by atoms with Crippen molar-refractivity contribution in [1.29, 1.82) is 0 Å². The molecule has 2 N–H and O–H groups in total. The molecule has 0 fully saturated rings. The second-order valence-corrected chi connectivity index (χ2v) is 8.16. The highest BCUT2D eigenvalue weighted by molar-refractivity contribution is 8.00. The van der Waals surface area contributed by atoms with Gasteiger partial charge in [-0.2, -0.15) is 0 Å². The number of nitrogens with one attached hydrogen (secondary N) is 2. The molecule has 2 amide bonds. The van der Waals surface area contributed by atoms with Crippen molar-refractivity contribution in [1.82, 2.24) is 4.98 Å². The summed E-state index contributed by atoms with van der Waals surface area (Å²) in [4.78, 5) is 30.0. The number of anilines is 2. The van der Waals surface area contributed by atoms with Crippen molar-refractivity contribution in [3.63, 3.8) is 0 Å². The number of pyridine rings is 1. The minimum atomic E-state index is -0.313. The van der Waals surface area contributed by atoms with Crippen molar-refractivity contribution in [2.24, 2.45) is 0 Å². The van der Waals surface area contributed by atoms with Gasteiger partial charge in [-0.05, 0) is 55.8 Å². The number of aromatic nitrogens is 1. The predicted octanol–water partition coefficient (Wildman–Crippen LogP) is 5.34. The summed E-state index contributed by atoms with van der Waals surface area (Å²) in [7, 11) is 1.55. The Morgan fingerprint density at radius 3 is 2.58 bits per heavy atom. The number of ether oxygens (including phenoxy) is 1. The maximum Gasteiger partial charge on any atom is 0.258 e. The Kier molecular flexibility index (Phi) is 7.55. The molecule has 0 spiro atoms. The molecule has 6 nitrogen and oxygen atoms in total. The third-order valence-electron chi connectivity index (χ3n) is 4.34. The number of carbonyl (C=O) groups is 2. The van der Waals surface area contributed by atoms with Crippen LogP contribution in [0.2, 0.25) is 5.02 Å². The largest absolute Gasteiger partial charge is 0.495 e. The Labute approximate surface area is 190 Å². The molecule has 0 unspecified atom stereocenters. The summed E-state index contributed by atoms with van der Waals surface area (Å²) in [6.45, 7) is 3.70. The van der Waals surface area contributed by atoms with Crippen LogP contribution in [0, 0.1) is 13.8 Å². The first-order valence-corrected chi connectivity index (χ1v) is 10.8. The lowest BCUT2D eigenvalue weighted by atomic mass is 10.1. The van der Waals surface area contributed by atoms with Crippen LogP contribution >= 0.6 is 23.4 Å². The van der Waals surface area contributed by atoms with Crippen LogP contribution < -0.4 is 15.4 Å². The van der Waals surface area contributed by atoms with E-state index in [9.17, 15) is 9.59 Å². The van der Waals surface area contributed by atoms with Crippen LogP contribution in [0.5, 0.6) is 5.75 Å². The van der Waals surface area contributed by atoms with Crippen molar-refractivity contribution in [2.75, 3.05) is 23.5 Å². The topological polar surface area (TPSA) is 80.3 Å². The lowest BCUT2D eigenvalue weighted by Crippen LogP contribution is -2.18. The van der Waals surface area contributed by atoms with Gasteiger partial charge in [0.25, 0.3) is 5.91 Å². The number of carbonyl (C=O) groups excluding carboxylic acids is 2. The van der Waals surface area contributed by atoms with E-state index in [1.807, 2.05) is 32.0 Å². The second kappa shape index (κ2) is 10.3. The van der Waals surface area contributed by atoms with E-state index in [4.69, 9.17) is 16.3 Å². The fraction of sp³-hybridized carbons (Fsp3) is 0.174. The number of hydrogen-bond donors (Lipinski definition) is 2. The van der Waals surface area contributed by atoms with Gasteiger partial charge < -0.3 is 15.4 Å². The molecule has 31 heavy (non-hydrogen) atoms. The summed E-state index contributed by atoms with van der Waals surface area (Å²) in [5.41, 5.74) is 3.14. The molecule has 0 aliphatic heterocycles. The molecule has 2 aromatic carbocycles. The highest BCUT2D eigenvalue weighted by atomic mass is 35.5. The van der Waals surface area contributed by atoms with Gasteiger partial charge in [0.2, 0.25) is 5.91 Å². The summed E-state index contributed by atoms with van der Waals surface area (Å²) >= 11 is 7.17. The van der Waals surface area contributed by atoms with Crippen molar-refractivity contribution in [2.45, 2.75) is 18.9 Å². The predicted molar refractivity (Wildman–Crippen MR) is 125 cm³/mol. The van der Waals surface area contributed by atoms with Gasteiger partial charge in [-0.1, -0.05) is 41.6 Å². The monoisotopic (exact) mass is 455 g/mol. The summed E-state index contributed by atoms with van der Waals surface area (Å²) in [5, 5.41) is 6.71. The van der Waals surface area contributed by atoms with Gasteiger partial charge in [-0.25, -0.2) is 4.98 Å². The molecular formula is C23H22ClN3O3S. The van der Waals surface area contributed by atoms with Crippen molar-refractivity contribution in [3.05, 3.63) is 76.4 Å². The number of nitrogens with zero attached hydrogens (tertiary/aromatic N) is 1. The van der Waals surface area contributed by atoms with Gasteiger partial charge in [-0.3, -0.25) is 9.59 Å². The van der Waals surface area contributed by atoms with E-state index < -0.39 is 0 Å². The van der Waals surface area contributed by atoms with E-state index in [-0.39, 0.29) is 17.6 Å². The zero-order valence-corrected chi connectivity index (χ0v) is 18.9. The first kappa shape index (κ1) is 22.7. The molecule has 3 aromatic rings. The van der Waals surface area contributed by atoms with E-state index in [0.717, 1.165) is 11.3 Å². The lowest BCUT2D eigenvalue weighted by Gasteiger charge is -2.14. The molecule has 1 heterocycles. The number of hydrogen-bond acceptors (Lipinski definition) is 5. The molecule has 0 aliphatic carbocycles. The van der Waals surface area contributed by atoms with Crippen LogP contribution in [0.1, 0.15) is 21.6 Å². The third kappa shape index (κ3) is 5.99. The SMILES string of the molecule is COc1ccccc1NC(=O)c1c(C)cc(C)nc1SCC(=O)Nc1cccc(Cl)c1. The molecule has 0 saturated heterocycles. The molecule has 0 radical (unpaired) electrons. The minimum absolute atomic E-state index is 0.0946. The highest BCUT2D eigenvalue weighted by Gasteiger charge is 2.19. The minimum Gasteiger partial charge on any atom is -0.495 e. The van der Waals surface area contributed by atoms with Gasteiger partial charge in [-0.15, -0.1) is 0 Å². The number of amides is 2. The highest BCUT2D eigenvalue weighted by Crippen LogP contribution is 2.28. The van der Waals surface area contributed by atoms with Crippen molar-refractivity contribution in [3.8, 4) is 5.75 Å². The number of aryl methyl sites for hydroxylation is 2. The summed E-state index contributed by atoms with van der Waals surface area (Å²) in [6, 6.07) is 15.9. The quantitative estimate of drug-likeness (QED) is 0.470. The maximum atomic E-state index is 13.1. The summed E-state index contributed by atoms with van der Waals surface area (Å²) < 4.78 is 5.31. The van der Waals surface area contributed by atoms with Crippen LogP contribution in [0.25, 0.3) is 0 Å². The average molecular weight is 456 g/mol.